The molecule has 0 bridgehead atoms. The van der Waals surface area contributed by atoms with Gasteiger partial charge in [-0.1, -0.05) is 13.3 Å². The van der Waals surface area contributed by atoms with Crippen LogP contribution < -0.4 is 5.32 Å². The van der Waals surface area contributed by atoms with E-state index in [0.29, 0.717) is 31.4 Å². The van der Waals surface area contributed by atoms with Crippen molar-refractivity contribution in [3.05, 3.63) is 42.1 Å². The number of ether oxygens (including phenoxy) is 1. The van der Waals surface area contributed by atoms with Gasteiger partial charge in [-0.05, 0) is 61.8 Å². The Bertz CT molecular complexity index is 787. The third-order valence-corrected chi connectivity index (χ3v) is 6.93. The molecule has 2 N–H and O–H groups in total. The number of rotatable bonds is 10. The molecule has 1 amide bonds. The van der Waals surface area contributed by atoms with Crippen molar-refractivity contribution in [2.24, 2.45) is 11.8 Å². The first kappa shape index (κ1) is 24.7. The van der Waals surface area contributed by atoms with Crippen molar-refractivity contribution < 1.29 is 27.4 Å². The van der Waals surface area contributed by atoms with Crippen molar-refractivity contribution in [3.63, 3.8) is 0 Å². The van der Waals surface area contributed by atoms with Gasteiger partial charge in [0, 0.05) is 31.9 Å². The van der Waals surface area contributed by atoms with Crippen molar-refractivity contribution in [2.75, 3.05) is 26.5 Å². The van der Waals surface area contributed by atoms with Gasteiger partial charge in [-0.25, -0.2) is 12.8 Å². The lowest BCUT2D eigenvalue weighted by Gasteiger charge is -2.40. The Kier molecular flexibility index (Phi) is 9.21. The van der Waals surface area contributed by atoms with Crippen molar-refractivity contribution >= 4 is 15.9 Å². The first-order chi connectivity index (χ1) is 14.2. The summed E-state index contributed by atoms with van der Waals surface area (Å²) in [7, 11) is -1.84. The van der Waals surface area contributed by atoms with Crippen LogP contribution in [0.3, 0.4) is 0 Å². The van der Waals surface area contributed by atoms with E-state index in [1.807, 2.05) is 13.3 Å². The molecular weight excluding hydrogens is 411 g/mol. The monoisotopic (exact) mass is 443 g/mol. The normalized spacial score (nSPS) is 22.4. The Morgan fingerprint density at radius 1 is 1.40 bits per heavy atom. The van der Waals surface area contributed by atoms with Crippen LogP contribution in [0.15, 0.2) is 24.3 Å². The molecule has 0 aliphatic carbocycles. The quantitative estimate of drug-likeness (QED) is 0.578. The molecule has 1 fully saturated rings. The van der Waals surface area contributed by atoms with Gasteiger partial charge in [0.2, 0.25) is 10.0 Å². The van der Waals surface area contributed by atoms with Crippen LogP contribution in [-0.2, 0) is 14.8 Å². The van der Waals surface area contributed by atoms with E-state index in [1.165, 1.54) is 41.9 Å². The Labute approximate surface area is 178 Å². The van der Waals surface area contributed by atoms with Crippen LogP contribution in [-0.4, -0.2) is 62.5 Å². The number of amides is 1. The summed E-state index contributed by atoms with van der Waals surface area (Å²) in [6.07, 6.45) is 5.14. The number of halogens is 1. The summed E-state index contributed by atoms with van der Waals surface area (Å²) < 4.78 is 43.9. The van der Waals surface area contributed by atoms with Crippen molar-refractivity contribution in [1.29, 1.82) is 0 Å². The van der Waals surface area contributed by atoms with Crippen LogP contribution in [0.1, 0.15) is 43.0 Å². The maximum absolute atomic E-state index is 13.1. The lowest BCUT2D eigenvalue weighted by molar-refractivity contribution is -0.0335. The van der Waals surface area contributed by atoms with Gasteiger partial charge in [0.25, 0.3) is 5.91 Å². The summed E-state index contributed by atoms with van der Waals surface area (Å²) in [5.41, 5.74) is 0.349. The molecule has 7 nitrogen and oxygen atoms in total. The summed E-state index contributed by atoms with van der Waals surface area (Å²) in [6, 6.07) is 4.94. The number of aliphatic hydroxyl groups is 1. The molecule has 1 aliphatic rings. The Morgan fingerprint density at radius 2 is 2.07 bits per heavy atom. The van der Waals surface area contributed by atoms with Crippen LogP contribution in [0.5, 0.6) is 0 Å². The number of aliphatic hydroxyl groups excluding tert-OH is 1. The number of methoxy groups -OCH3 is 1. The molecule has 9 heteroatoms. The molecule has 1 radical (unpaired) electrons. The molecule has 1 aliphatic heterocycles. The first-order valence-corrected chi connectivity index (χ1v) is 12.1. The number of carbonyl (C=O) groups is 1. The third-order valence-electron chi connectivity index (χ3n) is 5.66. The summed E-state index contributed by atoms with van der Waals surface area (Å²) in [5, 5.41) is 12.3. The Balaban J connectivity index is 2.05. The van der Waals surface area contributed by atoms with Gasteiger partial charge in [0.05, 0.1) is 6.26 Å². The minimum absolute atomic E-state index is 0.0888. The van der Waals surface area contributed by atoms with Gasteiger partial charge in [-0.2, -0.15) is 4.31 Å². The molecule has 0 aromatic heterocycles. The maximum atomic E-state index is 13.1. The highest BCUT2D eigenvalue weighted by Gasteiger charge is 2.37. The van der Waals surface area contributed by atoms with Crippen LogP contribution in [0.2, 0.25) is 0 Å². The highest BCUT2D eigenvalue weighted by atomic mass is 32.2. The zero-order valence-corrected chi connectivity index (χ0v) is 18.6. The lowest BCUT2D eigenvalue weighted by Crippen LogP contribution is -2.48. The molecule has 4 unspecified atom stereocenters. The van der Waals surface area contributed by atoms with Gasteiger partial charge < -0.3 is 15.2 Å². The zero-order chi connectivity index (χ0) is 22.3. The van der Waals surface area contributed by atoms with Crippen LogP contribution >= 0.6 is 0 Å². The smallest absolute Gasteiger partial charge is 0.251 e. The molecule has 0 saturated carbocycles. The summed E-state index contributed by atoms with van der Waals surface area (Å²) >= 11 is 0. The second-order valence-corrected chi connectivity index (χ2v) is 9.65. The number of sulfonamides is 1. The Morgan fingerprint density at radius 3 is 2.60 bits per heavy atom. The molecule has 1 heterocycles. The molecule has 30 heavy (non-hydrogen) atoms. The average molecular weight is 444 g/mol. The van der Waals surface area contributed by atoms with Gasteiger partial charge in [0.15, 0.2) is 0 Å². The fraction of sp³-hybridized carbons (Fsp3) is 0.619. The topological polar surface area (TPSA) is 95.9 Å². The van der Waals surface area contributed by atoms with E-state index >= 15 is 0 Å². The average Bonchev–Trinajstić information content (AvgIpc) is 2.71. The number of hydrogen-bond acceptors (Lipinski definition) is 5. The Hall–Kier alpha value is -1.55. The fourth-order valence-corrected chi connectivity index (χ4v) is 5.08. The SMILES string of the molecule is CCC([CH]C(CCO)NC(=O)c1ccc(F)cc1)C1CCN(S(C)(=O)=O)C(OC)C1. The molecule has 0 spiro atoms. The van der Waals surface area contributed by atoms with E-state index in [4.69, 9.17) is 4.74 Å². The number of benzene rings is 1. The van der Waals surface area contributed by atoms with E-state index in [9.17, 15) is 22.7 Å². The van der Waals surface area contributed by atoms with Crippen LogP contribution in [0.25, 0.3) is 0 Å². The molecule has 4 atom stereocenters. The van der Waals surface area contributed by atoms with Crippen molar-refractivity contribution in [1.82, 2.24) is 9.62 Å². The maximum Gasteiger partial charge on any atom is 0.251 e. The van der Waals surface area contributed by atoms with E-state index in [1.54, 1.807) is 0 Å². The summed E-state index contributed by atoms with van der Waals surface area (Å²) in [4.78, 5) is 12.5. The second kappa shape index (κ2) is 11.2. The van der Waals surface area contributed by atoms with E-state index in [-0.39, 0.29) is 30.4 Å². The van der Waals surface area contributed by atoms with E-state index in [2.05, 4.69) is 5.32 Å². The molecule has 1 saturated heterocycles. The molecule has 1 aromatic rings. The summed E-state index contributed by atoms with van der Waals surface area (Å²) in [6.45, 7) is 2.34. The number of nitrogens with zero attached hydrogens (tertiary/aromatic N) is 1. The predicted octanol–water partition coefficient (Wildman–Crippen LogP) is 2.18. The highest BCUT2D eigenvalue weighted by molar-refractivity contribution is 7.88. The van der Waals surface area contributed by atoms with E-state index < -0.39 is 22.1 Å². The van der Waals surface area contributed by atoms with E-state index in [0.717, 1.165) is 6.42 Å². The lowest BCUT2D eigenvalue weighted by atomic mass is 9.78. The van der Waals surface area contributed by atoms with Gasteiger partial charge in [-0.15, -0.1) is 0 Å². The minimum Gasteiger partial charge on any atom is -0.396 e. The standard InChI is InChI=1S/C21H32FN2O5S/c1-4-15(17-9-11-24(30(3,27)28)20(14-17)29-2)13-19(10-12-25)23-21(26)16-5-7-18(22)8-6-16/h5-8,13,15,17,19-20,25H,4,9-12,14H2,1-3H3,(H,23,26). The van der Waals surface area contributed by atoms with Gasteiger partial charge in [-0.3, -0.25) is 4.79 Å². The highest BCUT2D eigenvalue weighted by Crippen LogP contribution is 2.34. The number of hydrogen-bond donors (Lipinski definition) is 2. The zero-order valence-electron chi connectivity index (χ0n) is 17.8. The van der Waals surface area contributed by atoms with Crippen molar-refractivity contribution in [3.8, 4) is 0 Å². The number of carbonyl (C=O) groups excluding carboxylic acids is 1. The van der Waals surface area contributed by atoms with Gasteiger partial charge >= 0.3 is 0 Å². The molecular formula is C21H32FN2O5S. The van der Waals surface area contributed by atoms with Crippen LogP contribution in [0, 0.1) is 24.1 Å². The summed E-state index contributed by atoms with van der Waals surface area (Å²) in [5.74, 6) is -0.429. The molecule has 169 valence electrons. The molecule has 2 rings (SSSR count). The first-order valence-electron chi connectivity index (χ1n) is 10.2. The largest absolute Gasteiger partial charge is 0.396 e. The number of piperidine rings is 1. The fourth-order valence-electron chi connectivity index (χ4n) is 4.05. The predicted molar refractivity (Wildman–Crippen MR) is 113 cm³/mol. The third kappa shape index (κ3) is 6.73. The van der Waals surface area contributed by atoms with Crippen molar-refractivity contribution in [2.45, 2.75) is 44.9 Å². The van der Waals surface area contributed by atoms with Gasteiger partial charge in [0.1, 0.15) is 12.0 Å². The molecule has 1 aromatic carbocycles. The number of nitrogens with one attached hydrogen (secondary N) is 1. The minimum atomic E-state index is -3.34. The van der Waals surface area contributed by atoms with Crippen LogP contribution in [0.4, 0.5) is 4.39 Å². The second-order valence-electron chi connectivity index (χ2n) is 7.71.